The average molecular weight is 297 g/mol. The Bertz CT molecular complexity index is 342. The van der Waals surface area contributed by atoms with Crippen molar-refractivity contribution >= 4 is 6.09 Å². The van der Waals surface area contributed by atoms with Gasteiger partial charge in [-0.2, -0.15) is 5.26 Å². The first-order chi connectivity index (χ1) is 9.69. The number of nitrogens with zero attached hydrogens (tertiary/aromatic N) is 1. The van der Waals surface area contributed by atoms with Gasteiger partial charge in [0.15, 0.2) is 0 Å². The Balaban J connectivity index is 4.26. The molecule has 0 spiro atoms. The molecule has 5 nitrogen and oxygen atoms in total. The van der Waals surface area contributed by atoms with Crippen LogP contribution in [0.5, 0.6) is 0 Å². The molecule has 0 aromatic carbocycles. The van der Waals surface area contributed by atoms with Crippen LogP contribution in [0.3, 0.4) is 0 Å². The monoisotopic (exact) mass is 297 g/mol. The molecule has 0 aliphatic heterocycles. The largest absolute Gasteiger partial charge is 0.444 e. The van der Waals surface area contributed by atoms with Crippen LogP contribution in [0.25, 0.3) is 0 Å². The number of carbonyl (C=O) groups excluding carboxylic acids is 1. The van der Waals surface area contributed by atoms with Crippen molar-refractivity contribution in [2.45, 2.75) is 66.0 Å². The van der Waals surface area contributed by atoms with Gasteiger partial charge in [-0.1, -0.05) is 20.8 Å². The average Bonchev–Trinajstić information content (AvgIpc) is 2.34. The minimum Gasteiger partial charge on any atom is -0.444 e. The van der Waals surface area contributed by atoms with Crippen LogP contribution in [0.15, 0.2) is 0 Å². The molecule has 0 aromatic rings. The second-order valence-corrected chi connectivity index (χ2v) is 6.76. The van der Waals surface area contributed by atoms with E-state index in [-0.39, 0.29) is 12.1 Å². The van der Waals surface area contributed by atoms with Crippen molar-refractivity contribution in [3.8, 4) is 6.07 Å². The fourth-order valence-electron chi connectivity index (χ4n) is 1.86. The van der Waals surface area contributed by atoms with E-state index in [2.05, 4.69) is 37.5 Å². The molecule has 0 fully saturated rings. The first-order valence-electron chi connectivity index (χ1n) is 7.76. The molecule has 0 aliphatic rings. The Morgan fingerprint density at radius 2 is 1.90 bits per heavy atom. The molecular formula is C16H31N3O2. The van der Waals surface area contributed by atoms with E-state index in [9.17, 15) is 4.79 Å². The second kappa shape index (κ2) is 9.62. The van der Waals surface area contributed by atoms with Crippen molar-refractivity contribution < 1.29 is 9.53 Å². The topological polar surface area (TPSA) is 74.2 Å². The van der Waals surface area contributed by atoms with Crippen LogP contribution in [0, 0.1) is 23.2 Å². The number of rotatable bonds is 8. The maximum atomic E-state index is 11.7. The molecule has 0 saturated carbocycles. The fourth-order valence-corrected chi connectivity index (χ4v) is 1.86. The Morgan fingerprint density at radius 1 is 1.29 bits per heavy atom. The fraction of sp³-hybridized carbons (Fsp3) is 0.875. The highest BCUT2D eigenvalue weighted by Gasteiger charge is 2.19. The molecule has 2 unspecified atom stereocenters. The lowest BCUT2D eigenvalue weighted by atomic mass is 9.95. The third kappa shape index (κ3) is 10.1. The minimum absolute atomic E-state index is 0.220. The Hall–Kier alpha value is -1.28. The van der Waals surface area contributed by atoms with Crippen molar-refractivity contribution in [1.82, 2.24) is 10.6 Å². The Labute approximate surface area is 129 Å². The summed E-state index contributed by atoms with van der Waals surface area (Å²) in [4.78, 5) is 11.7. The summed E-state index contributed by atoms with van der Waals surface area (Å²) in [6, 6.07) is 2.42. The van der Waals surface area contributed by atoms with Gasteiger partial charge in [0.05, 0.1) is 12.5 Å². The summed E-state index contributed by atoms with van der Waals surface area (Å²) in [6.45, 7) is 13.2. The number of nitriles is 1. The number of hydrogen-bond donors (Lipinski definition) is 2. The number of nitrogens with one attached hydrogen (secondary N) is 2. The summed E-state index contributed by atoms with van der Waals surface area (Å²) in [5.41, 5.74) is -0.476. The molecule has 2 atom stereocenters. The second-order valence-electron chi connectivity index (χ2n) is 6.76. The number of alkyl carbamates (subject to hydrolysis) is 1. The summed E-state index contributed by atoms with van der Waals surface area (Å²) in [5, 5.41) is 15.0. The quantitative estimate of drug-likeness (QED) is 0.722. The molecule has 5 heteroatoms. The maximum Gasteiger partial charge on any atom is 0.407 e. The van der Waals surface area contributed by atoms with E-state index in [1.54, 1.807) is 0 Å². The molecule has 0 bridgehead atoms. The van der Waals surface area contributed by atoms with Crippen LogP contribution in [0.2, 0.25) is 0 Å². The number of amides is 1. The smallest absolute Gasteiger partial charge is 0.407 e. The Kier molecular flexibility index (Phi) is 9.03. The van der Waals surface area contributed by atoms with Crippen molar-refractivity contribution in [3.63, 3.8) is 0 Å². The molecular weight excluding hydrogens is 266 g/mol. The number of carbonyl (C=O) groups is 1. The minimum atomic E-state index is -0.476. The van der Waals surface area contributed by atoms with Crippen LogP contribution in [-0.2, 0) is 4.74 Å². The van der Waals surface area contributed by atoms with Crippen molar-refractivity contribution in [2.24, 2.45) is 11.8 Å². The molecule has 21 heavy (non-hydrogen) atoms. The lowest BCUT2D eigenvalue weighted by molar-refractivity contribution is 0.0514. The highest BCUT2D eigenvalue weighted by Crippen LogP contribution is 2.11. The van der Waals surface area contributed by atoms with Crippen LogP contribution in [0.1, 0.15) is 54.4 Å². The highest BCUT2D eigenvalue weighted by atomic mass is 16.6. The molecule has 0 aromatic heterocycles. The summed E-state index contributed by atoms with van der Waals surface area (Å²) in [7, 11) is 0. The van der Waals surface area contributed by atoms with E-state index in [4.69, 9.17) is 10.00 Å². The van der Waals surface area contributed by atoms with Gasteiger partial charge in [-0.25, -0.2) is 4.79 Å². The first kappa shape index (κ1) is 19.7. The van der Waals surface area contributed by atoms with E-state index in [1.807, 2.05) is 20.8 Å². The van der Waals surface area contributed by atoms with Crippen LogP contribution < -0.4 is 10.6 Å². The van der Waals surface area contributed by atoms with Gasteiger partial charge in [-0.15, -0.1) is 0 Å². The zero-order chi connectivity index (χ0) is 16.5. The molecule has 0 aliphatic carbocycles. The van der Waals surface area contributed by atoms with Gasteiger partial charge < -0.3 is 15.4 Å². The molecule has 0 heterocycles. The normalized spacial score (nSPS) is 14.4. The van der Waals surface area contributed by atoms with E-state index in [0.717, 1.165) is 13.0 Å². The molecule has 0 rings (SSSR count). The summed E-state index contributed by atoms with van der Waals surface area (Å²) >= 11 is 0. The van der Waals surface area contributed by atoms with Crippen LogP contribution >= 0.6 is 0 Å². The molecule has 2 N–H and O–H groups in total. The zero-order valence-corrected chi connectivity index (χ0v) is 14.3. The summed E-state index contributed by atoms with van der Waals surface area (Å²) < 4.78 is 5.24. The predicted molar refractivity (Wildman–Crippen MR) is 84.9 cm³/mol. The molecule has 122 valence electrons. The summed E-state index contributed by atoms with van der Waals surface area (Å²) in [5.74, 6) is 0.747. The Morgan fingerprint density at radius 3 is 2.33 bits per heavy atom. The third-order valence-corrected chi connectivity index (χ3v) is 3.35. The highest BCUT2D eigenvalue weighted by molar-refractivity contribution is 5.67. The first-order valence-corrected chi connectivity index (χ1v) is 7.76. The predicted octanol–water partition coefficient (Wildman–Crippen LogP) is 3.07. The van der Waals surface area contributed by atoms with Gasteiger partial charge in [0.1, 0.15) is 5.60 Å². The molecule has 0 radical (unpaired) electrons. The van der Waals surface area contributed by atoms with Gasteiger partial charge in [0, 0.05) is 19.1 Å². The van der Waals surface area contributed by atoms with Gasteiger partial charge in [-0.05, 0) is 39.0 Å². The van der Waals surface area contributed by atoms with Crippen LogP contribution in [-0.4, -0.2) is 30.8 Å². The van der Waals surface area contributed by atoms with E-state index in [0.29, 0.717) is 24.8 Å². The molecule has 0 saturated heterocycles. The van der Waals surface area contributed by atoms with Crippen molar-refractivity contribution in [2.75, 3.05) is 13.1 Å². The SMILES string of the molecule is CCC(CC#N)NCC(CNC(=O)OC(C)(C)C)C(C)C. The number of ether oxygens (including phenoxy) is 1. The maximum absolute atomic E-state index is 11.7. The number of hydrogen-bond acceptors (Lipinski definition) is 4. The molecule has 1 amide bonds. The zero-order valence-electron chi connectivity index (χ0n) is 14.3. The summed E-state index contributed by atoms with van der Waals surface area (Å²) in [6.07, 6.45) is 1.07. The standard InChI is InChI=1S/C16H31N3O2/c1-7-14(8-9-17)18-10-13(12(2)3)11-19-15(20)21-16(4,5)6/h12-14,18H,7-8,10-11H2,1-6H3,(H,19,20). The van der Waals surface area contributed by atoms with Gasteiger partial charge >= 0.3 is 6.09 Å². The van der Waals surface area contributed by atoms with Crippen molar-refractivity contribution in [1.29, 1.82) is 5.26 Å². The van der Waals surface area contributed by atoms with E-state index < -0.39 is 5.60 Å². The van der Waals surface area contributed by atoms with Crippen LogP contribution in [0.4, 0.5) is 4.79 Å². The van der Waals surface area contributed by atoms with Gasteiger partial charge in [-0.3, -0.25) is 0 Å². The van der Waals surface area contributed by atoms with Gasteiger partial charge in [0.2, 0.25) is 0 Å². The van der Waals surface area contributed by atoms with E-state index in [1.165, 1.54) is 0 Å². The lowest BCUT2D eigenvalue weighted by Crippen LogP contribution is -2.41. The third-order valence-electron chi connectivity index (χ3n) is 3.35. The van der Waals surface area contributed by atoms with Crippen molar-refractivity contribution in [3.05, 3.63) is 0 Å². The van der Waals surface area contributed by atoms with Gasteiger partial charge in [0.25, 0.3) is 0 Å². The lowest BCUT2D eigenvalue weighted by Gasteiger charge is -2.25. The van der Waals surface area contributed by atoms with E-state index >= 15 is 0 Å².